The first-order valence-corrected chi connectivity index (χ1v) is 14.3. The molecule has 0 aromatic heterocycles. The van der Waals surface area contributed by atoms with Crippen LogP contribution in [0, 0.1) is 5.82 Å². The summed E-state index contributed by atoms with van der Waals surface area (Å²) in [5.41, 5.74) is 0.548. The van der Waals surface area contributed by atoms with Gasteiger partial charge in [0.2, 0.25) is 21.8 Å². The van der Waals surface area contributed by atoms with Gasteiger partial charge in [-0.1, -0.05) is 67.2 Å². The quantitative estimate of drug-likeness (QED) is 0.274. The van der Waals surface area contributed by atoms with Crippen LogP contribution in [0.4, 0.5) is 10.1 Å². The second-order valence-electron chi connectivity index (χ2n) is 8.20. The van der Waals surface area contributed by atoms with Gasteiger partial charge in [-0.05, 0) is 42.7 Å². The molecule has 2 aromatic carbocycles. The van der Waals surface area contributed by atoms with Crippen LogP contribution in [0.15, 0.2) is 36.4 Å². The fourth-order valence-electron chi connectivity index (χ4n) is 3.51. The fourth-order valence-corrected chi connectivity index (χ4v) is 5.06. The first-order chi connectivity index (χ1) is 16.9. The largest absolute Gasteiger partial charge is 0.354 e. The second-order valence-corrected chi connectivity index (χ2v) is 11.3. The third kappa shape index (κ3) is 8.23. The Morgan fingerprint density at radius 3 is 2.19 bits per heavy atom. The molecule has 7 nitrogen and oxygen atoms in total. The molecule has 1 atom stereocenters. The third-order valence-electron chi connectivity index (χ3n) is 5.42. The number of anilines is 1. The SMILES string of the molecule is CCCCNC(=O)[C@@H](CC)N(Cc1ccc(F)cc1)C(=O)CN(c1cc(Cl)c(Cl)cc1Cl)S(C)(=O)=O. The van der Waals surface area contributed by atoms with Gasteiger partial charge in [0.25, 0.3) is 0 Å². The lowest BCUT2D eigenvalue weighted by molar-refractivity contribution is -0.140. The topological polar surface area (TPSA) is 86.8 Å². The van der Waals surface area contributed by atoms with Crippen LogP contribution in [0.3, 0.4) is 0 Å². The molecular weight excluding hydrogens is 552 g/mol. The van der Waals surface area contributed by atoms with E-state index in [-0.39, 0.29) is 39.6 Å². The monoisotopic (exact) mass is 579 g/mol. The average molecular weight is 581 g/mol. The van der Waals surface area contributed by atoms with Crippen molar-refractivity contribution in [1.29, 1.82) is 0 Å². The number of hydrogen-bond donors (Lipinski definition) is 1. The Hall–Kier alpha value is -2.07. The van der Waals surface area contributed by atoms with Crippen molar-refractivity contribution in [3.05, 3.63) is 62.8 Å². The Bertz CT molecular complexity index is 1180. The number of halogens is 4. The number of amides is 2. The first-order valence-electron chi connectivity index (χ1n) is 11.3. The number of carbonyl (C=O) groups is 2. The first kappa shape index (κ1) is 30.2. The summed E-state index contributed by atoms with van der Waals surface area (Å²) in [7, 11) is -4.00. The zero-order chi connectivity index (χ0) is 27.0. The Labute approximate surface area is 226 Å². The van der Waals surface area contributed by atoms with E-state index < -0.39 is 34.3 Å². The van der Waals surface area contributed by atoms with E-state index in [0.29, 0.717) is 12.1 Å². The Morgan fingerprint density at radius 2 is 1.64 bits per heavy atom. The molecule has 0 spiro atoms. The maximum atomic E-state index is 13.6. The number of benzene rings is 2. The molecule has 0 aliphatic carbocycles. The van der Waals surface area contributed by atoms with Crippen LogP contribution in [0.5, 0.6) is 0 Å². The summed E-state index contributed by atoms with van der Waals surface area (Å²) in [5, 5.41) is 2.99. The summed E-state index contributed by atoms with van der Waals surface area (Å²) >= 11 is 18.3. The van der Waals surface area contributed by atoms with Gasteiger partial charge in [-0.3, -0.25) is 13.9 Å². The van der Waals surface area contributed by atoms with Gasteiger partial charge in [0.1, 0.15) is 18.4 Å². The second kappa shape index (κ2) is 13.5. The smallest absolute Gasteiger partial charge is 0.244 e. The molecule has 0 heterocycles. The van der Waals surface area contributed by atoms with Gasteiger partial charge in [0.15, 0.2) is 0 Å². The molecule has 198 valence electrons. The van der Waals surface area contributed by atoms with Crippen molar-refractivity contribution in [3.63, 3.8) is 0 Å². The standard InChI is InChI=1S/C24H29Cl3FN3O4S/c1-4-6-11-29-24(33)21(5-2)30(14-16-7-9-17(28)10-8-16)23(32)15-31(36(3,34)35)22-13-19(26)18(25)12-20(22)27/h7-10,12-13,21H,4-6,11,14-15H2,1-3H3,(H,29,33)/t21-/m1/s1. The molecule has 0 bridgehead atoms. The Morgan fingerprint density at radius 1 is 1.03 bits per heavy atom. The predicted octanol–water partition coefficient (Wildman–Crippen LogP) is 5.28. The number of hydrogen-bond acceptors (Lipinski definition) is 4. The van der Waals surface area contributed by atoms with Crippen LogP contribution >= 0.6 is 34.8 Å². The van der Waals surface area contributed by atoms with E-state index in [2.05, 4.69) is 5.32 Å². The van der Waals surface area contributed by atoms with Gasteiger partial charge in [-0.2, -0.15) is 0 Å². The zero-order valence-corrected chi connectivity index (χ0v) is 23.3. The van der Waals surface area contributed by atoms with E-state index in [4.69, 9.17) is 34.8 Å². The minimum Gasteiger partial charge on any atom is -0.354 e. The van der Waals surface area contributed by atoms with E-state index in [9.17, 15) is 22.4 Å². The lowest BCUT2D eigenvalue weighted by Gasteiger charge is -2.33. The molecule has 2 rings (SSSR count). The molecule has 2 aromatic rings. The molecule has 2 amide bonds. The number of rotatable bonds is 12. The lowest BCUT2D eigenvalue weighted by atomic mass is 10.1. The predicted molar refractivity (Wildman–Crippen MR) is 143 cm³/mol. The molecule has 0 unspecified atom stereocenters. The van der Waals surface area contributed by atoms with Crippen molar-refractivity contribution in [2.75, 3.05) is 23.7 Å². The average Bonchev–Trinajstić information content (AvgIpc) is 2.80. The van der Waals surface area contributed by atoms with E-state index in [1.807, 2.05) is 6.92 Å². The zero-order valence-electron chi connectivity index (χ0n) is 20.2. The van der Waals surface area contributed by atoms with Gasteiger partial charge in [0, 0.05) is 13.1 Å². The van der Waals surface area contributed by atoms with Gasteiger partial charge in [-0.25, -0.2) is 12.8 Å². The Kier molecular flexibility index (Phi) is 11.3. The van der Waals surface area contributed by atoms with E-state index >= 15 is 0 Å². The summed E-state index contributed by atoms with van der Waals surface area (Å²) < 4.78 is 39.6. The molecule has 0 radical (unpaired) electrons. The number of carbonyl (C=O) groups excluding carboxylic acids is 2. The summed E-state index contributed by atoms with van der Waals surface area (Å²) in [6.45, 7) is 3.50. The summed E-state index contributed by atoms with van der Waals surface area (Å²) in [5.74, 6) is -1.46. The van der Waals surface area contributed by atoms with Crippen LogP contribution in [0.1, 0.15) is 38.7 Å². The number of sulfonamides is 1. The van der Waals surface area contributed by atoms with Gasteiger partial charge < -0.3 is 10.2 Å². The molecule has 0 aliphatic heterocycles. The minimum absolute atomic E-state index is 0.0166. The molecule has 0 saturated heterocycles. The molecule has 0 fully saturated rings. The Balaban J connectivity index is 2.46. The van der Waals surface area contributed by atoms with Crippen LogP contribution in [-0.4, -0.2) is 50.5 Å². The molecule has 1 N–H and O–H groups in total. The fraction of sp³-hybridized carbons (Fsp3) is 0.417. The van der Waals surface area contributed by atoms with Crippen molar-refractivity contribution in [2.24, 2.45) is 0 Å². The lowest BCUT2D eigenvalue weighted by Crippen LogP contribution is -2.52. The van der Waals surface area contributed by atoms with Crippen molar-refractivity contribution in [2.45, 2.75) is 45.7 Å². The van der Waals surface area contributed by atoms with Gasteiger partial charge >= 0.3 is 0 Å². The minimum atomic E-state index is -4.00. The summed E-state index contributed by atoms with van der Waals surface area (Å²) in [6, 6.07) is 7.17. The van der Waals surface area contributed by atoms with Crippen LogP contribution < -0.4 is 9.62 Å². The maximum absolute atomic E-state index is 13.6. The highest BCUT2D eigenvalue weighted by Gasteiger charge is 2.32. The van der Waals surface area contributed by atoms with Crippen LogP contribution in [-0.2, 0) is 26.2 Å². The van der Waals surface area contributed by atoms with Crippen molar-refractivity contribution in [1.82, 2.24) is 10.2 Å². The maximum Gasteiger partial charge on any atom is 0.244 e. The number of unbranched alkanes of at least 4 members (excludes halogenated alkanes) is 1. The van der Waals surface area contributed by atoms with Crippen molar-refractivity contribution >= 4 is 62.3 Å². The van der Waals surface area contributed by atoms with Crippen LogP contribution in [0.25, 0.3) is 0 Å². The number of nitrogens with zero attached hydrogens (tertiary/aromatic N) is 2. The molecule has 36 heavy (non-hydrogen) atoms. The van der Waals surface area contributed by atoms with E-state index in [1.54, 1.807) is 6.92 Å². The molecule has 0 aliphatic rings. The van der Waals surface area contributed by atoms with E-state index in [0.717, 1.165) is 23.4 Å². The van der Waals surface area contributed by atoms with E-state index in [1.165, 1.54) is 41.3 Å². The third-order valence-corrected chi connectivity index (χ3v) is 7.57. The summed E-state index contributed by atoms with van der Waals surface area (Å²) in [6.07, 6.45) is 2.85. The summed E-state index contributed by atoms with van der Waals surface area (Å²) in [4.78, 5) is 27.9. The van der Waals surface area contributed by atoms with Crippen molar-refractivity contribution < 1.29 is 22.4 Å². The molecular formula is C24H29Cl3FN3O4S. The van der Waals surface area contributed by atoms with Crippen LogP contribution in [0.2, 0.25) is 15.1 Å². The highest BCUT2D eigenvalue weighted by molar-refractivity contribution is 7.92. The number of nitrogens with one attached hydrogen (secondary N) is 1. The van der Waals surface area contributed by atoms with Gasteiger partial charge in [0.05, 0.1) is 27.0 Å². The highest BCUT2D eigenvalue weighted by Crippen LogP contribution is 2.35. The van der Waals surface area contributed by atoms with Crippen molar-refractivity contribution in [3.8, 4) is 0 Å². The highest BCUT2D eigenvalue weighted by atomic mass is 35.5. The normalized spacial score (nSPS) is 12.2. The van der Waals surface area contributed by atoms with Gasteiger partial charge in [-0.15, -0.1) is 0 Å². The molecule has 12 heteroatoms. The molecule has 0 saturated carbocycles.